The molecule has 0 bridgehead atoms. The summed E-state index contributed by atoms with van der Waals surface area (Å²) in [6, 6.07) is 16.0. The van der Waals surface area contributed by atoms with Crippen molar-refractivity contribution in [1.82, 2.24) is 20.3 Å². The van der Waals surface area contributed by atoms with Crippen molar-refractivity contribution in [3.63, 3.8) is 0 Å². The predicted octanol–water partition coefficient (Wildman–Crippen LogP) is 2.78. The Kier molecular flexibility index (Phi) is 3.75. The number of hydrogen-bond acceptors (Lipinski definition) is 4. The molecular weight excluding hydrogens is 308 g/mol. The Balaban J connectivity index is 1.51. The molecule has 1 amide bonds. The normalized spacial score (nSPS) is 17.0. The van der Waals surface area contributed by atoms with Crippen LogP contribution >= 0.6 is 11.8 Å². The first-order valence-electron chi connectivity index (χ1n) is 7.60. The standard InChI is InChI=1S/C17H16N4OS/c22-17(11-21-15-7-3-2-6-14(15)19-20-21)18-13-9-10-23-16-8-4-1-5-12(13)16/h1-8,13H,9-11H2,(H,18,22)/t13-/m0/s1. The van der Waals surface area contributed by atoms with Crippen LogP contribution in [0, 0.1) is 0 Å². The first-order valence-corrected chi connectivity index (χ1v) is 8.59. The predicted molar refractivity (Wildman–Crippen MR) is 90.2 cm³/mol. The summed E-state index contributed by atoms with van der Waals surface area (Å²) in [5.41, 5.74) is 2.89. The lowest BCUT2D eigenvalue weighted by Crippen LogP contribution is -2.33. The summed E-state index contributed by atoms with van der Waals surface area (Å²) < 4.78 is 1.65. The Bertz CT molecular complexity index is 860. The number of thioether (sulfide) groups is 1. The van der Waals surface area contributed by atoms with Crippen molar-refractivity contribution in [3.05, 3.63) is 54.1 Å². The van der Waals surface area contributed by atoms with E-state index in [0.29, 0.717) is 0 Å². The van der Waals surface area contributed by atoms with E-state index in [0.717, 1.165) is 23.2 Å². The van der Waals surface area contributed by atoms with Crippen LogP contribution in [0.3, 0.4) is 0 Å². The molecule has 6 heteroatoms. The van der Waals surface area contributed by atoms with Gasteiger partial charge in [0.15, 0.2) is 0 Å². The maximum Gasteiger partial charge on any atom is 0.242 e. The largest absolute Gasteiger partial charge is 0.348 e. The van der Waals surface area contributed by atoms with Crippen LogP contribution in [0.25, 0.3) is 11.0 Å². The number of fused-ring (bicyclic) bond motifs is 2. The van der Waals surface area contributed by atoms with E-state index in [4.69, 9.17) is 0 Å². The molecular formula is C17H16N4OS. The smallest absolute Gasteiger partial charge is 0.242 e. The van der Waals surface area contributed by atoms with Gasteiger partial charge in [-0.15, -0.1) is 16.9 Å². The number of rotatable bonds is 3. The zero-order chi connectivity index (χ0) is 15.6. The zero-order valence-corrected chi connectivity index (χ0v) is 13.3. The van der Waals surface area contributed by atoms with E-state index in [1.54, 1.807) is 4.68 Å². The van der Waals surface area contributed by atoms with Crippen molar-refractivity contribution in [3.8, 4) is 0 Å². The van der Waals surface area contributed by atoms with E-state index in [1.807, 2.05) is 48.2 Å². The molecule has 2 heterocycles. The van der Waals surface area contributed by atoms with E-state index in [9.17, 15) is 4.79 Å². The fourth-order valence-corrected chi connectivity index (χ4v) is 4.03. The monoisotopic (exact) mass is 324 g/mol. The molecule has 1 aliphatic rings. The van der Waals surface area contributed by atoms with Gasteiger partial charge in [-0.1, -0.05) is 35.5 Å². The van der Waals surface area contributed by atoms with Gasteiger partial charge in [-0.25, -0.2) is 4.68 Å². The van der Waals surface area contributed by atoms with Gasteiger partial charge in [-0.3, -0.25) is 4.79 Å². The molecule has 1 aliphatic heterocycles. The SMILES string of the molecule is O=C(Cn1nnc2ccccc21)N[C@H]1CCSc2ccccc21. The Morgan fingerprint density at radius 2 is 2.04 bits per heavy atom. The topological polar surface area (TPSA) is 59.8 Å². The number of nitrogens with one attached hydrogen (secondary N) is 1. The minimum atomic E-state index is -0.0349. The number of para-hydroxylation sites is 1. The molecule has 0 saturated heterocycles. The molecule has 2 aromatic carbocycles. The van der Waals surface area contributed by atoms with Crippen LogP contribution < -0.4 is 5.32 Å². The average Bonchev–Trinajstić information content (AvgIpc) is 2.98. The Labute approximate surface area is 138 Å². The van der Waals surface area contributed by atoms with Crippen molar-refractivity contribution in [2.24, 2.45) is 0 Å². The van der Waals surface area contributed by atoms with Gasteiger partial charge < -0.3 is 5.32 Å². The van der Waals surface area contributed by atoms with E-state index < -0.39 is 0 Å². The highest BCUT2D eigenvalue weighted by atomic mass is 32.2. The van der Waals surface area contributed by atoms with Gasteiger partial charge >= 0.3 is 0 Å². The van der Waals surface area contributed by atoms with Gasteiger partial charge in [-0.05, 0) is 30.2 Å². The number of carbonyl (C=O) groups excluding carboxylic acids is 1. The summed E-state index contributed by atoms with van der Waals surface area (Å²) in [6.45, 7) is 0.187. The zero-order valence-electron chi connectivity index (χ0n) is 12.5. The second kappa shape index (κ2) is 6.04. The average molecular weight is 324 g/mol. The molecule has 23 heavy (non-hydrogen) atoms. The minimum absolute atomic E-state index is 0.0349. The fraction of sp³-hybridized carbons (Fsp3) is 0.235. The van der Waals surface area contributed by atoms with E-state index in [1.165, 1.54) is 10.5 Å². The maximum atomic E-state index is 12.4. The van der Waals surface area contributed by atoms with Crippen LogP contribution in [0.15, 0.2) is 53.4 Å². The van der Waals surface area contributed by atoms with Gasteiger partial charge in [0.25, 0.3) is 0 Å². The molecule has 1 aromatic heterocycles. The van der Waals surface area contributed by atoms with Crippen molar-refractivity contribution in [1.29, 1.82) is 0 Å². The molecule has 1 N–H and O–H groups in total. The molecule has 4 rings (SSSR count). The number of nitrogens with zero attached hydrogens (tertiary/aromatic N) is 3. The Morgan fingerprint density at radius 3 is 3.00 bits per heavy atom. The third kappa shape index (κ3) is 2.82. The van der Waals surface area contributed by atoms with Crippen molar-refractivity contribution < 1.29 is 4.79 Å². The number of carbonyl (C=O) groups is 1. The summed E-state index contributed by atoms with van der Waals surface area (Å²) in [7, 11) is 0. The van der Waals surface area contributed by atoms with Gasteiger partial charge in [0, 0.05) is 10.6 Å². The van der Waals surface area contributed by atoms with Gasteiger partial charge in [0.05, 0.1) is 11.6 Å². The van der Waals surface area contributed by atoms with Crippen molar-refractivity contribution in [2.75, 3.05) is 5.75 Å². The van der Waals surface area contributed by atoms with Crippen LogP contribution in [0.2, 0.25) is 0 Å². The lowest BCUT2D eigenvalue weighted by atomic mass is 10.0. The first kappa shape index (κ1) is 14.3. The molecule has 5 nitrogen and oxygen atoms in total. The highest BCUT2D eigenvalue weighted by molar-refractivity contribution is 7.99. The van der Waals surface area contributed by atoms with E-state index >= 15 is 0 Å². The molecule has 0 aliphatic carbocycles. The Morgan fingerprint density at radius 1 is 1.22 bits per heavy atom. The lowest BCUT2D eigenvalue weighted by molar-refractivity contribution is -0.122. The summed E-state index contributed by atoms with van der Waals surface area (Å²) in [5.74, 6) is 0.987. The first-order chi connectivity index (χ1) is 11.3. The van der Waals surface area contributed by atoms with Crippen LogP contribution in [0.5, 0.6) is 0 Å². The third-order valence-electron chi connectivity index (χ3n) is 4.01. The minimum Gasteiger partial charge on any atom is -0.348 e. The van der Waals surface area contributed by atoms with Crippen LogP contribution in [0.1, 0.15) is 18.0 Å². The summed E-state index contributed by atoms with van der Waals surface area (Å²) >= 11 is 1.85. The molecule has 116 valence electrons. The van der Waals surface area contributed by atoms with Gasteiger partial charge in [0.2, 0.25) is 5.91 Å². The highest BCUT2D eigenvalue weighted by Crippen LogP contribution is 2.35. The molecule has 1 atom stereocenters. The summed E-state index contributed by atoms with van der Waals surface area (Å²) in [6.07, 6.45) is 0.950. The molecule has 0 saturated carbocycles. The quantitative estimate of drug-likeness (QED) is 0.805. The molecule has 0 radical (unpaired) electrons. The number of amides is 1. The fourth-order valence-electron chi connectivity index (χ4n) is 2.90. The number of benzene rings is 2. The van der Waals surface area contributed by atoms with Crippen LogP contribution in [-0.2, 0) is 11.3 Å². The van der Waals surface area contributed by atoms with Gasteiger partial charge in [0.1, 0.15) is 12.1 Å². The van der Waals surface area contributed by atoms with Gasteiger partial charge in [-0.2, -0.15) is 0 Å². The second-order valence-electron chi connectivity index (χ2n) is 5.53. The van der Waals surface area contributed by atoms with E-state index in [-0.39, 0.29) is 18.5 Å². The van der Waals surface area contributed by atoms with Crippen molar-refractivity contribution >= 4 is 28.7 Å². The molecule has 0 spiro atoms. The van der Waals surface area contributed by atoms with Crippen LogP contribution in [-0.4, -0.2) is 26.7 Å². The summed E-state index contributed by atoms with van der Waals surface area (Å²) in [4.78, 5) is 13.7. The molecule has 0 fully saturated rings. The summed E-state index contributed by atoms with van der Waals surface area (Å²) in [5, 5.41) is 11.3. The van der Waals surface area contributed by atoms with Crippen molar-refractivity contribution in [2.45, 2.75) is 23.9 Å². The maximum absolute atomic E-state index is 12.4. The third-order valence-corrected chi connectivity index (χ3v) is 5.13. The number of hydrogen-bond donors (Lipinski definition) is 1. The number of aromatic nitrogens is 3. The van der Waals surface area contributed by atoms with Crippen LogP contribution in [0.4, 0.5) is 0 Å². The molecule has 0 unspecified atom stereocenters. The Hall–Kier alpha value is -2.34. The second-order valence-corrected chi connectivity index (χ2v) is 6.67. The van der Waals surface area contributed by atoms with E-state index in [2.05, 4.69) is 27.8 Å². The lowest BCUT2D eigenvalue weighted by Gasteiger charge is -2.25. The highest BCUT2D eigenvalue weighted by Gasteiger charge is 2.22. The molecule has 3 aromatic rings.